The van der Waals surface area contributed by atoms with E-state index in [9.17, 15) is 9.59 Å². The summed E-state index contributed by atoms with van der Waals surface area (Å²) in [6, 6.07) is 12.4. The van der Waals surface area contributed by atoms with E-state index in [-0.39, 0.29) is 25.1 Å². The number of pyridine rings is 1. The van der Waals surface area contributed by atoms with E-state index in [2.05, 4.69) is 9.88 Å². The molecular weight excluding hydrogens is 607 g/mol. The molecule has 2 N–H and O–H groups in total. The summed E-state index contributed by atoms with van der Waals surface area (Å²) in [4.78, 5) is 34.6. The predicted octanol–water partition coefficient (Wildman–Crippen LogP) is 4.65. The van der Waals surface area contributed by atoms with Gasteiger partial charge in [-0.1, -0.05) is 35.3 Å². The number of carbonyl (C=O) groups is 2. The first kappa shape index (κ1) is 31.8. The first-order valence-corrected chi connectivity index (χ1v) is 15.0. The number of piperidine rings is 1. The number of aromatic nitrogens is 1. The summed E-state index contributed by atoms with van der Waals surface area (Å²) in [7, 11) is 4.52. The zero-order valence-corrected chi connectivity index (χ0v) is 26.5. The second-order valence-corrected chi connectivity index (χ2v) is 11.9. The lowest BCUT2D eigenvalue weighted by molar-refractivity contribution is -0.125. The van der Waals surface area contributed by atoms with Gasteiger partial charge in [0.1, 0.15) is 12.3 Å². The minimum absolute atomic E-state index is 0.0710. The molecule has 234 valence electrons. The fraction of sp³-hybridized carbons (Fsp3) is 0.406. The molecule has 1 unspecified atom stereocenters. The molecule has 0 bridgehead atoms. The van der Waals surface area contributed by atoms with Gasteiger partial charge in [0.05, 0.1) is 43.3 Å². The molecular formula is C32H36Cl2N4O6. The van der Waals surface area contributed by atoms with E-state index in [4.69, 9.17) is 47.9 Å². The molecule has 1 aromatic heterocycles. The van der Waals surface area contributed by atoms with Crippen LogP contribution >= 0.6 is 23.2 Å². The van der Waals surface area contributed by atoms with Crippen LogP contribution in [-0.4, -0.2) is 80.8 Å². The van der Waals surface area contributed by atoms with Crippen molar-refractivity contribution in [1.29, 1.82) is 0 Å². The lowest BCUT2D eigenvalue weighted by Gasteiger charge is -2.41. The SMILES string of the molecule is COc1cc(C(=O)N2COC(CCN3CCC(C(N)=O)(c4cccnc4)CC3)(c3ccc(Cl)c(Cl)c3)C2)cc(OC)c1OC. The predicted molar refractivity (Wildman–Crippen MR) is 167 cm³/mol. The smallest absolute Gasteiger partial charge is 0.256 e. The van der Waals surface area contributed by atoms with Crippen molar-refractivity contribution in [2.75, 3.05) is 54.2 Å². The summed E-state index contributed by atoms with van der Waals surface area (Å²) < 4.78 is 22.8. The lowest BCUT2D eigenvalue weighted by atomic mass is 9.72. The van der Waals surface area contributed by atoms with Gasteiger partial charge in [-0.2, -0.15) is 0 Å². The largest absolute Gasteiger partial charge is 0.493 e. The summed E-state index contributed by atoms with van der Waals surface area (Å²) >= 11 is 12.7. The van der Waals surface area contributed by atoms with Gasteiger partial charge < -0.3 is 34.5 Å². The Morgan fingerprint density at radius 2 is 1.68 bits per heavy atom. The Kier molecular flexibility index (Phi) is 9.55. The van der Waals surface area contributed by atoms with E-state index < -0.39 is 11.0 Å². The number of benzene rings is 2. The van der Waals surface area contributed by atoms with E-state index in [0.717, 1.165) is 11.1 Å². The second kappa shape index (κ2) is 13.2. The first-order chi connectivity index (χ1) is 21.2. The van der Waals surface area contributed by atoms with Crippen LogP contribution in [0, 0.1) is 0 Å². The lowest BCUT2D eigenvalue weighted by Crippen LogP contribution is -2.51. The van der Waals surface area contributed by atoms with Gasteiger partial charge in [-0.25, -0.2) is 0 Å². The number of primary amides is 1. The molecule has 44 heavy (non-hydrogen) atoms. The van der Waals surface area contributed by atoms with Crippen LogP contribution in [-0.2, 0) is 20.5 Å². The van der Waals surface area contributed by atoms with Crippen LogP contribution in [0.15, 0.2) is 54.9 Å². The minimum atomic E-state index is -0.841. The van der Waals surface area contributed by atoms with Crippen LogP contribution in [0.3, 0.4) is 0 Å². The number of nitrogens with zero attached hydrogens (tertiary/aromatic N) is 3. The van der Waals surface area contributed by atoms with Crippen LogP contribution < -0.4 is 19.9 Å². The summed E-state index contributed by atoms with van der Waals surface area (Å²) in [5.74, 6) is 0.591. The Bertz CT molecular complexity index is 1490. The highest BCUT2D eigenvalue weighted by atomic mass is 35.5. The maximum absolute atomic E-state index is 13.8. The van der Waals surface area contributed by atoms with Crippen molar-refractivity contribution in [3.63, 3.8) is 0 Å². The van der Waals surface area contributed by atoms with Crippen molar-refractivity contribution in [3.05, 3.63) is 81.6 Å². The van der Waals surface area contributed by atoms with Crippen LogP contribution in [0.2, 0.25) is 10.0 Å². The van der Waals surface area contributed by atoms with Crippen molar-refractivity contribution in [2.45, 2.75) is 30.3 Å². The van der Waals surface area contributed by atoms with Gasteiger partial charge in [-0.15, -0.1) is 0 Å². The van der Waals surface area contributed by atoms with Crippen molar-refractivity contribution in [2.24, 2.45) is 5.73 Å². The first-order valence-electron chi connectivity index (χ1n) is 14.3. The molecule has 3 aromatic rings. The van der Waals surface area contributed by atoms with Crippen LogP contribution in [0.4, 0.5) is 0 Å². The van der Waals surface area contributed by atoms with Crippen LogP contribution in [0.1, 0.15) is 40.7 Å². The Morgan fingerprint density at radius 1 is 0.977 bits per heavy atom. The van der Waals surface area contributed by atoms with E-state index in [1.54, 1.807) is 41.6 Å². The van der Waals surface area contributed by atoms with Gasteiger partial charge in [0, 0.05) is 24.5 Å². The maximum atomic E-state index is 13.8. The molecule has 5 rings (SSSR count). The number of likely N-dealkylation sites (tertiary alicyclic amines) is 1. The molecule has 0 aliphatic carbocycles. The highest BCUT2D eigenvalue weighted by Crippen LogP contribution is 2.42. The molecule has 2 aromatic carbocycles. The Labute approximate surface area is 266 Å². The van der Waals surface area contributed by atoms with Crippen molar-refractivity contribution < 1.29 is 28.5 Å². The number of ether oxygens (including phenoxy) is 4. The third kappa shape index (κ3) is 6.04. The fourth-order valence-corrected chi connectivity index (χ4v) is 6.49. The third-order valence-electron chi connectivity index (χ3n) is 8.81. The van der Waals surface area contributed by atoms with Crippen molar-refractivity contribution in [3.8, 4) is 17.2 Å². The normalized spacial score (nSPS) is 19.9. The molecule has 2 saturated heterocycles. The number of rotatable bonds is 10. The van der Waals surface area contributed by atoms with Crippen LogP contribution in [0.25, 0.3) is 0 Å². The van der Waals surface area contributed by atoms with E-state index in [1.807, 2.05) is 18.2 Å². The second-order valence-electron chi connectivity index (χ2n) is 11.1. The zero-order chi connectivity index (χ0) is 31.5. The Hall–Kier alpha value is -3.57. The molecule has 3 heterocycles. The average Bonchev–Trinajstić information content (AvgIpc) is 3.50. The van der Waals surface area contributed by atoms with Gasteiger partial charge in [0.2, 0.25) is 11.7 Å². The molecule has 1 atom stereocenters. The summed E-state index contributed by atoms with van der Waals surface area (Å²) in [5, 5.41) is 0.838. The van der Waals surface area contributed by atoms with Gasteiger partial charge in [0.25, 0.3) is 5.91 Å². The van der Waals surface area contributed by atoms with Gasteiger partial charge in [-0.05, 0) is 73.8 Å². The monoisotopic (exact) mass is 642 g/mol. The van der Waals surface area contributed by atoms with Crippen molar-refractivity contribution >= 4 is 35.0 Å². The van der Waals surface area contributed by atoms with Gasteiger partial charge >= 0.3 is 0 Å². The van der Waals surface area contributed by atoms with Gasteiger partial charge in [-0.3, -0.25) is 14.6 Å². The molecule has 2 aliphatic rings. The summed E-state index contributed by atoms with van der Waals surface area (Å²) in [6.07, 6.45) is 5.15. The highest BCUT2D eigenvalue weighted by molar-refractivity contribution is 6.42. The third-order valence-corrected chi connectivity index (χ3v) is 9.55. The number of amides is 2. The molecule has 10 nitrogen and oxygen atoms in total. The zero-order valence-electron chi connectivity index (χ0n) is 25.0. The molecule has 2 fully saturated rings. The molecule has 0 saturated carbocycles. The standard InChI is InChI=1S/C32H36Cl2N4O6/c1-41-26-15-21(16-27(42-2)28(26)43-3)29(39)38-19-32(44-20-38,22-6-7-24(33)25(34)17-22)10-14-37-12-8-31(9-13-37,30(35)40)23-5-4-11-36-18-23/h4-7,11,15-18H,8-10,12-14,19-20H2,1-3H3,(H2,35,40). The van der Waals surface area contributed by atoms with Gasteiger partial charge in [0.15, 0.2) is 11.5 Å². The maximum Gasteiger partial charge on any atom is 0.256 e. The van der Waals surface area contributed by atoms with Crippen molar-refractivity contribution in [1.82, 2.24) is 14.8 Å². The highest BCUT2D eigenvalue weighted by Gasteiger charge is 2.45. The minimum Gasteiger partial charge on any atom is -0.493 e. The molecule has 0 radical (unpaired) electrons. The average molecular weight is 644 g/mol. The van der Waals surface area contributed by atoms with E-state index >= 15 is 0 Å². The number of methoxy groups -OCH3 is 3. The quantitative estimate of drug-likeness (QED) is 0.340. The van der Waals surface area contributed by atoms with E-state index in [1.165, 1.54) is 21.3 Å². The number of hydrogen-bond acceptors (Lipinski definition) is 8. The Morgan fingerprint density at radius 3 is 2.25 bits per heavy atom. The topological polar surface area (TPSA) is 116 Å². The van der Waals surface area contributed by atoms with Crippen LogP contribution in [0.5, 0.6) is 17.2 Å². The molecule has 12 heteroatoms. The van der Waals surface area contributed by atoms with E-state index in [0.29, 0.717) is 71.8 Å². The molecule has 2 amide bonds. The number of nitrogens with two attached hydrogens (primary N) is 1. The Balaban J connectivity index is 1.36. The molecule has 2 aliphatic heterocycles. The molecule has 0 spiro atoms. The fourth-order valence-electron chi connectivity index (χ4n) is 6.19. The summed E-state index contributed by atoms with van der Waals surface area (Å²) in [6.45, 7) is 2.36. The summed E-state index contributed by atoms with van der Waals surface area (Å²) in [5.41, 5.74) is 6.39. The number of carbonyl (C=O) groups excluding carboxylic acids is 2. The number of hydrogen-bond donors (Lipinski definition) is 1. The number of halogens is 2.